The van der Waals surface area contributed by atoms with Gasteiger partial charge < -0.3 is 19.3 Å². The molecular formula is C15H21N3O4S. The molecule has 7 nitrogen and oxygen atoms in total. The molecule has 2 fully saturated rings. The second-order valence-corrected chi connectivity index (χ2v) is 7.35. The van der Waals surface area contributed by atoms with Crippen LogP contribution in [-0.4, -0.2) is 78.7 Å². The van der Waals surface area contributed by atoms with Crippen molar-refractivity contribution in [3.05, 3.63) is 15.6 Å². The van der Waals surface area contributed by atoms with E-state index in [2.05, 4.69) is 4.98 Å². The van der Waals surface area contributed by atoms with Crippen molar-refractivity contribution in [3.63, 3.8) is 0 Å². The van der Waals surface area contributed by atoms with E-state index < -0.39 is 5.60 Å². The first-order valence-corrected chi connectivity index (χ1v) is 8.41. The SMILES string of the molecule is Cc1nc(C)c(C(=O)N2CCOC3(COCC(=O)N(C)C3)C2)s1. The van der Waals surface area contributed by atoms with Gasteiger partial charge in [-0.2, -0.15) is 0 Å². The lowest BCUT2D eigenvalue weighted by molar-refractivity contribution is -0.135. The molecule has 0 saturated carbocycles. The van der Waals surface area contributed by atoms with Crippen molar-refractivity contribution in [1.82, 2.24) is 14.8 Å². The van der Waals surface area contributed by atoms with E-state index in [1.807, 2.05) is 13.8 Å². The third-order valence-corrected chi connectivity index (χ3v) is 5.24. The van der Waals surface area contributed by atoms with Crippen LogP contribution < -0.4 is 0 Å². The number of thiazole rings is 1. The predicted octanol–water partition coefficient (Wildman–Crippen LogP) is 0.460. The van der Waals surface area contributed by atoms with Gasteiger partial charge in [0.2, 0.25) is 5.91 Å². The van der Waals surface area contributed by atoms with Gasteiger partial charge in [0.1, 0.15) is 17.1 Å². The quantitative estimate of drug-likeness (QED) is 0.743. The van der Waals surface area contributed by atoms with E-state index in [-0.39, 0.29) is 18.4 Å². The van der Waals surface area contributed by atoms with Crippen LogP contribution in [0.5, 0.6) is 0 Å². The Morgan fingerprint density at radius 1 is 1.35 bits per heavy atom. The summed E-state index contributed by atoms with van der Waals surface area (Å²) in [5.41, 5.74) is 0.116. The normalized spacial score (nSPS) is 25.8. The Morgan fingerprint density at radius 3 is 2.83 bits per heavy atom. The van der Waals surface area contributed by atoms with Gasteiger partial charge in [0.05, 0.1) is 37.0 Å². The van der Waals surface area contributed by atoms with E-state index in [4.69, 9.17) is 9.47 Å². The fourth-order valence-corrected chi connectivity index (χ4v) is 3.96. The lowest BCUT2D eigenvalue weighted by Gasteiger charge is -2.42. The topological polar surface area (TPSA) is 72.0 Å². The third kappa shape index (κ3) is 3.24. The van der Waals surface area contributed by atoms with Crippen LogP contribution in [0.2, 0.25) is 0 Å². The molecule has 1 atom stereocenters. The monoisotopic (exact) mass is 339 g/mol. The minimum absolute atomic E-state index is 0.0194. The van der Waals surface area contributed by atoms with E-state index in [1.54, 1.807) is 16.8 Å². The minimum Gasteiger partial charge on any atom is -0.368 e. The number of nitrogens with zero attached hydrogens (tertiary/aromatic N) is 3. The number of amides is 2. The van der Waals surface area contributed by atoms with Crippen LogP contribution in [0.15, 0.2) is 0 Å². The average molecular weight is 339 g/mol. The van der Waals surface area contributed by atoms with Gasteiger partial charge in [0.25, 0.3) is 5.91 Å². The smallest absolute Gasteiger partial charge is 0.266 e. The first kappa shape index (κ1) is 16.4. The summed E-state index contributed by atoms with van der Waals surface area (Å²) in [6, 6.07) is 0. The van der Waals surface area contributed by atoms with Gasteiger partial charge in [0, 0.05) is 13.6 Å². The summed E-state index contributed by atoms with van der Waals surface area (Å²) in [5.74, 6) is -0.0862. The van der Waals surface area contributed by atoms with Crippen LogP contribution in [0.3, 0.4) is 0 Å². The number of rotatable bonds is 1. The summed E-state index contributed by atoms with van der Waals surface area (Å²) < 4.78 is 11.4. The number of ether oxygens (including phenoxy) is 2. The number of aromatic nitrogens is 1. The van der Waals surface area contributed by atoms with Crippen LogP contribution in [0.25, 0.3) is 0 Å². The molecule has 1 aromatic rings. The van der Waals surface area contributed by atoms with Crippen LogP contribution in [0.1, 0.15) is 20.4 Å². The molecule has 2 amide bonds. The van der Waals surface area contributed by atoms with Gasteiger partial charge in [0.15, 0.2) is 0 Å². The molecule has 0 radical (unpaired) electrons. The highest BCUT2D eigenvalue weighted by Crippen LogP contribution is 2.26. The standard InChI is InChI=1S/C15H21N3O4S/c1-10-13(23-11(2)16-10)14(20)18-4-5-22-15(8-18)7-17(3)12(19)6-21-9-15/h4-9H2,1-3H3. The molecule has 3 heterocycles. The first-order valence-electron chi connectivity index (χ1n) is 7.59. The molecule has 0 aromatic carbocycles. The van der Waals surface area contributed by atoms with Gasteiger partial charge in [-0.25, -0.2) is 4.98 Å². The number of aryl methyl sites for hydroxylation is 2. The highest BCUT2D eigenvalue weighted by atomic mass is 32.1. The molecule has 3 rings (SSSR count). The number of likely N-dealkylation sites (N-methyl/N-ethyl adjacent to an activating group) is 1. The van der Waals surface area contributed by atoms with Crippen LogP contribution in [0.4, 0.5) is 0 Å². The summed E-state index contributed by atoms with van der Waals surface area (Å²) in [6.07, 6.45) is 0. The zero-order chi connectivity index (χ0) is 16.6. The van der Waals surface area contributed by atoms with Gasteiger partial charge in [-0.1, -0.05) is 0 Å². The van der Waals surface area contributed by atoms with Crippen LogP contribution in [-0.2, 0) is 14.3 Å². The van der Waals surface area contributed by atoms with Crippen molar-refractivity contribution >= 4 is 23.2 Å². The van der Waals surface area contributed by atoms with Gasteiger partial charge in [-0.3, -0.25) is 9.59 Å². The molecule has 0 bridgehead atoms. The lowest BCUT2D eigenvalue weighted by Crippen LogP contribution is -2.59. The highest BCUT2D eigenvalue weighted by molar-refractivity contribution is 7.13. The lowest BCUT2D eigenvalue weighted by atomic mass is 10.0. The zero-order valence-electron chi connectivity index (χ0n) is 13.6. The second-order valence-electron chi connectivity index (χ2n) is 6.15. The number of morpholine rings is 1. The second kappa shape index (κ2) is 6.18. The van der Waals surface area contributed by atoms with Crippen LogP contribution in [0, 0.1) is 13.8 Å². The molecule has 2 saturated heterocycles. The van der Waals surface area contributed by atoms with Gasteiger partial charge >= 0.3 is 0 Å². The third-order valence-electron chi connectivity index (χ3n) is 4.18. The molecule has 2 aliphatic rings. The number of hydrogen-bond acceptors (Lipinski definition) is 6. The summed E-state index contributed by atoms with van der Waals surface area (Å²) in [6.45, 7) is 5.94. The molecule has 8 heteroatoms. The number of carbonyl (C=O) groups excluding carboxylic acids is 2. The molecule has 0 N–H and O–H groups in total. The molecule has 23 heavy (non-hydrogen) atoms. The molecule has 126 valence electrons. The molecule has 1 aromatic heterocycles. The van der Waals surface area contributed by atoms with Crippen molar-refractivity contribution in [2.45, 2.75) is 19.4 Å². The van der Waals surface area contributed by atoms with E-state index >= 15 is 0 Å². The van der Waals surface area contributed by atoms with Gasteiger partial charge in [-0.05, 0) is 13.8 Å². The Morgan fingerprint density at radius 2 is 2.13 bits per heavy atom. The number of carbonyl (C=O) groups is 2. The first-order chi connectivity index (χ1) is 10.9. The summed E-state index contributed by atoms with van der Waals surface area (Å²) in [4.78, 5) is 33.0. The maximum atomic E-state index is 12.8. The van der Waals surface area contributed by atoms with Crippen LogP contribution >= 0.6 is 11.3 Å². The largest absolute Gasteiger partial charge is 0.368 e. The van der Waals surface area contributed by atoms with Crippen molar-refractivity contribution in [2.24, 2.45) is 0 Å². The van der Waals surface area contributed by atoms with Crippen molar-refractivity contribution in [2.75, 3.05) is 46.5 Å². The fraction of sp³-hybridized carbons (Fsp3) is 0.667. The Balaban J connectivity index is 1.79. The molecule has 1 spiro atoms. The Kier molecular flexibility index (Phi) is 4.39. The Hall–Kier alpha value is -1.51. The summed E-state index contributed by atoms with van der Waals surface area (Å²) in [7, 11) is 1.74. The zero-order valence-corrected chi connectivity index (χ0v) is 14.4. The maximum absolute atomic E-state index is 12.8. The van der Waals surface area contributed by atoms with E-state index in [1.165, 1.54) is 11.3 Å². The molecule has 1 unspecified atom stereocenters. The average Bonchev–Trinajstić information content (AvgIpc) is 2.78. The minimum atomic E-state index is -0.650. The summed E-state index contributed by atoms with van der Waals surface area (Å²) >= 11 is 1.42. The highest BCUT2D eigenvalue weighted by Gasteiger charge is 2.42. The fourth-order valence-electron chi connectivity index (χ4n) is 3.08. The van der Waals surface area contributed by atoms with E-state index in [9.17, 15) is 9.59 Å². The van der Waals surface area contributed by atoms with Crippen molar-refractivity contribution in [3.8, 4) is 0 Å². The molecular weight excluding hydrogens is 318 g/mol. The Bertz CT molecular complexity index is 632. The van der Waals surface area contributed by atoms with E-state index in [0.717, 1.165) is 10.7 Å². The molecule has 2 aliphatic heterocycles. The Labute approximate surface area is 139 Å². The molecule has 0 aliphatic carbocycles. The van der Waals surface area contributed by atoms with Crippen molar-refractivity contribution in [1.29, 1.82) is 0 Å². The van der Waals surface area contributed by atoms with E-state index in [0.29, 0.717) is 37.7 Å². The van der Waals surface area contributed by atoms with Crippen molar-refractivity contribution < 1.29 is 19.1 Å². The maximum Gasteiger partial charge on any atom is 0.266 e. The summed E-state index contributed by atoms with van der Waals surface area (Å²) in [5, 5.41) is 0.886. The predicted molar refractivity (Wildman–Crippen MR) is 84.6 cm³/mol. The van der Waals surface area contributed by atoms with Gasteiger partial charge in [-0.15, -0.1) is 11.3 Å². The number of hydrogen-bond donors (Lipinski definition) is 0.